The number of benzene rings is 1. The van der Waals surface area contributed by atoms with Crippen LogP contribution in [0.1, 0.15) is 49.4 Å². The van der Waals surface area contributed by atoms with Crippen molar-refractivity contribution in [1.82, 2.24) is 10.2 Å². The van der Waals surface area contributed by atoms with Gasteiger partial charge in [0, 0.05) is 52.1 Å². The van der Waals surface area contributed by atoms with Gasteiger partial charge in [-0.1, -0.05) is 0 Å². The zero-order valence-corrected chi connectivity index (χ0v) is 17.3. The van der Waals surface area contributed by atoms with Crippen LogP contribution in [-0.2, 0) is 14.3 Å². The lowest BCUT2D eigenvalue weighted by Crippen LogP contribution is -2.51. The van der Waals surface area contributed by atoms with Crippen LogP contribution in [0.25, 0.3) is 0 Å². The third-order valence-corrected chi connectivity index (χ3v) is 6.10. The molecule has 0 aromatic heterocycles. The molecule has 8 heteroatoms. The number of fused-ring (bicyclic) bond motifs is 1. The molecule has 0 unspecified atom stereocenters. The minimum Gasteiger partial charge on any atom is -0.486 e. The van der Waals surface area contributed by atoms with Crippen molar-refractivity contribution in [1.29, 1.82) is 0 Å². The number of carbonyl (C=O) groups is 3. The number of hydrogen-bond donors (Lipinski definition) is 1. The first kappa shape index (κ1) is 20.7. The minimum atomic E-state index is -0.576. The summed E-state index contributed by atoms with van der Waals surface area (Å²) in [6.07, 6.45) is 3.63. The lowest BCUT2D eigenvalue weighted by molar-refractivity contribution is -0.132. The van der Waals surface area contributed by atoms with Gasteiger partial charge >= 0.3 is 0 Å². The van der Waals surface area contributed by atoms with E-state index in [0.29, 0.717) is 56.0 Å². The zero-order valence-electron chi connectivity index (χ0n) is 17.3. The largest absolute Gasteiger partial charge is 0.486 e. The molecule has 3 aliphatic rings. The molecular formula is C22H28N2O6. The third kappa shape index (κ3) is 4.59. The highest BCUT2D eigenvalue weighted by Crippen LogP contribution is 2.40. The number of carbonyl (C=O) groups excluding carboxylic acids is 3. The van der Waals surface area contributed by atoms with Gasteiger partial charge in [-0.25, -0.2) is 0 Å². The fourth-order valence-corrected chi connectivity index (χ4v) is 4.31. The van der Waals surface area contributed by atoms with Crippen LogP contribution in [0.4, 0.5) is 0 Å². The molecule has 1 atom stereocenters. The molecule has 8 nitrogen and oxygen atoms in total. The number of ether oxygens (including phenoxy) is 3. The Balaban J connectivity index is 1.35. The number of amides is 2. The maximum atomic E-state index is 12.7. The van der Waals surface area contributed by atoms with E-state index in [0.717, 1.165) is 19.4 Å². The van der Waals surface area contributed by atoms with Gasteiger partial charge in [-0.3, -0.25) is 14.4 Å². The van der Waals surface area contributed by atoms with Gasteiger partial charge < -0.3 is 24.4 Å². The van der Waals surface area contributed by atoms with E-state index < -0.39 is 5.60 Å². The minimum absolute atomic E-state index is 0.0355. The first-order chi connectivity index (χ1) is 14.4. The summed E-state index contributed by atoms with van der Waals surface area (Å²) in [5.74, 6) is 0.828. The Morgan fingerprint density at radius 3 is 2.80 bits per heavy atom. The normalized spacial score (nSPS) is 22.4. The maximum Gasteiger partial charge on any atom is 0.258 e. The number of ketones is 1. The van der Waals surface area contributed by atoms with E-state index in [1.54, 1.807) is 30.0 Å². The first-order valence-corrected chi connectivity index (χ1v) is 10.6. The highest BCUT2D eigenvalue weighted by molar-refractivity contribution is 6.00. The monoisotopic (exact) mass is 416 g/mol. The van der Waals surface area contributed by atoms with Crippen molar-refractivity contribution in [2.24, 2.45) is 0 Å². The molecule has 0 aliphatic carbocycles. The third-order valence-electron chi connectivity index (χ3n) is 6.10. The van der Waals surface area contributed by atoms with Crippen molar-refractivity contribution in [2.75, 3.05) is 32.8 Å². The van der Waals surface area contributed by atoms with Crippen LogP contribution in [0.3, 0.4) is 0 Å². The molecule has 162 valence electrons. The fourth-order valence-electron chi connectivity index (χ4n) is 4.31. The lowest BCUT2D eigenvalue weighted by Gasteiger charge is -2.43. The molecule has 3 heterocycles. The Kier molecular flexibility index (Phi) is 5.94. The van der Waals surface area contributed by atoms with Crippen molar-refractivity contribution in [3.05, 3.63) is 23.8 Å². The van der Waals surface area contributed by atoms with Crippen LogP contribution < -0.4 is 14.8 Å². The molecule has 2 saturated heterocycles. The number of likely N-dealkylation sites (tertiary alicyclic amines) is 1. The molecule has 1 aromatic rings. The number of Topliss-reactive ketones (excluding diaryl/α,β-unsaturated/α-hetero) is 1. The van der Waals surface area contributed by atoms with Crippen LogP contribution in [-0.4, -0.2) is 67.1 Å². The number of nitrogens with zero attached hydrogens (tertiary/aromatic N) is 1. The lowest BCUT2D eigenvalue weighted by atomic mass is 9.82. The highest BCUT2D eigenvalue weighted by Gasteiger charge is 2.43. The summed E-state index contributed by atoms with van der Waals surface area (Å²) in [6.45, 7) is 3.85. The summed E-state index contributed by atoms with van der Waals surface area (Å²) in [4.78, 5) is 38.1. The summed E-state index contributed by atoms with van der Waals surface area (Å²) < 4.78 is 17.4. The smallest absolute Gasteiger partial charge is 0.258 e. The van der Waals surface area contributed by atoms with E-state index in [1.807, 2.05) is 0 Å². The quantitative estimate of drug-likeness (QED) is 0.785. The second kappa shape index (κ2) is 8.63. The second-order valence-electron chi connectivity index (χ2n) is 8.28. The van der Waals surface area contributed by atoms with Crippen LogP contribution in [0.5, 0.6) is 11.5 Å². The van der Waals surface area contributed by atoms with Gasteiger partial charge in [-0.05, 0) is 25.0 Å². The second-order valence-corrected chi connectivity index (χ2v) is 8.28. The van der Waals surface area contributed by atoms with Gasteiger partial charge in [-0.2, -0.15) is 0 Å². The molecule has 2 amide bonds. The molecule has 0 bridgehead atoms. The molecular weight excluding hydrogens is 388 g/mol. The van der Waals surface area contributed by atoms with Crippen molar-refractivity contribution in [3.8, 4) is 11.5 Å². The average molecular weight is 416 g/mol. The van der Waals surface area contributed by atoms with Crippen LogP contribution in [0.2, 0.25) is 0 Å². The molecule has 4 rings (SSSR count). The number of hydrogen-bond acceptors (Lipinski definition) is 6. The predicted octanol–water partition coefficient (Wildman–Crippen LogP) is 1.71. The number of nitrogens with one attached hydrogen (secondary N) is 1. The predicted molar refractivity (Wildman–Crippen MR) is 108 cm³/mol. The van der Waals surface area contributed by atoms with Gasteiger partial charge in [0.1, 0.15) is 17.1 Å². The van der Waals surface area contributed by atoms with E-state index >= 15 is 0 Å². The van der Waals surface area contributed by atoms with E-state index in [1.165, 1.54) is 0 Å². The molecule has 1 spiro atoms. The van der Waals surface area contributed by atoms with E-state index in [4.69, 9.17) is 14.2 Å². The van der Waals surface area contributed by atoms with Gasteiger partial charge in [0.2, 0.25) is 5.91 Å². The van der Waals surface area contributed by atoms with Crippen molar-refractivity contribution in [2.45, 2.75) is 50.7 Å². The van der Waals surface area contributed by atoms with Gasteiger partial charge in [0.05, 0.1) is 18.1 Å². The van der Waals surface area contributed by atoms with Crippen LogP contribution in [0, 0.1) is 0 Å². The van der Waals surface area contributed by atoms with Crippen molar-refractivity contribution < 1.29 is 28.6 Å². The molecule has 3 aliphatic heterocycles. The molecule has 0 saturated carbocycles. The van der Waals surface area contributed by atoms with Crippen LogP contribution >= 0.6 is 0 Å². The molecule has 30 heavy (non-hydrogen) atoms. The Hall–Kier alpha value is -2.61. The summed E-state index contributed by atoms with van der Waals surface area (Å²) >= 11 is 0. The number of piperidine rings is 1. The Bertz CT molecular complexity index is 825. The van der Waals surface area contributed by atoms with Crippen molar-refractivity contribution in [3.63, 3.8) is 0 Å². The van der Waals surface area contributed by atoms with E-state index in [9.17, 15) is 14.4 Å². The Labute approximate surface area is 175 Å². The Morgan fingerprint density at radius 1 is 1.30 bits per heavy atom. The van der Waals surface area contributed by atoms with Crippen LogP contribution in [0.15, 0.2) is 18.2 Å². The zero-order chi connectivity index (χ0) is 21.1. The fraction of sp³-hybridized carbons (Fsp3) is 0.591. The van der Waals surface area contributed by atoms with Gasteiger partial charge in [-0.15, -0.1) is 0 Å². The summed E-state index contributed by atoms with van der Waals surface area (Å²) in [5.41, 5.74) is -0.0438. The van der Waals surface area contributed by atoms with Crippen molar-refractivity contribution >= 4 is 17.6 Å². The standard InChI is InChI=1S/C22H28N2O6/c1-15(25)24-8-6-22(7-9-24)12-19(26)18-5-4-16(11-20(18)30-22)29-14-21(27)23-13-17-3-2-10-28-17/h4-5,11,17H,2-3,6-10,12-14H2,1H3,(H,23,27)/t17-/m1/s1. The average Bonchev–Trinajstić information content (AvgIpc) is 3.24. The highest BCUT2D eigenvalue weighted by atomic mass is 16.5. The SMILES string of the molecule is CC(=O)N1CCC2(CC1)CC(=O)c1ccc(OCC(=O)NC[C@H]3CCCO3)cc1O2. The maximum absolute atomic E-state index is 12.7. The van der Waals surface area contributed by atoms with Gasteiger partial charge in [0.25, 0.3) is 5.91 Å². The summed E-state index contributed by atoms with van der Waals surface area (Å²) in [7, 11) is 0. The summed E-state index contributed by atoms with van der Waals surface area (Å²) in [5, 5.41) is 2.82. The van der Waals surface area contributed by atoms with Gasteiger partial charge in [0.15, 0.2) is 12.4 Å². The molecule has 2 fully saturated rings. The Morgan fingerprint density at radius 2 is 2.10 bits per heavy atom. The molecule has 1 N–H and O–H groups in total. The summed E-state index contributed by atoms with van der Waals surface area (Å²) in [6, 6.07) is 5.05. The van der Waals surface area contributed by atoms with E-state index in [2.05, 4.69) is 5.32 Å². The number of rotatable bonds is 5. The van der Waals surface area contributed by atoms with E-state index in [-0.39, 0.29) is 30.3 Å². The topological polar surface area (TPSA) is 94.2 Å². The molecule has 1 aromatic carbocycles. The molecule has 0 radical (unpaired) electrons. The first-order valence-electron chi connectivity index (χ1n) is 10.6.